The van der Waals surface area contributed by atoms with E-state index in [2.05, 4.69) is 15.3 Å². The molecule has 104 valence electrons. The fourth-order valence-corrected chi connectivity index (χ4v) is 2.03. The van der Waals surface area contributed by atoms with E-state index < -0.39 is 5.97 Å². The summed E-state index contributed by atoms with van der Waals surface area (Å²) in [6.07, 6.45) is 1.74. The second-order valence-electron chi connectivity index (χ2n) is 4.38. The molecular weight excluding hydrogens is 246 g/mol. The average Bonchev–Trinajstić information content (AvgIpc) is 2.46. The van der Waals surface area contributed by atoms with E-state index in [1.54, 1.807) is 0 Å². The second-order valence-corrected chi connectivity index (χ2v) is 4.38. The van der Waals surface area contributed by atoms with Crippen molar-refractivity contribution >= 4 is 5.97 Å². The van der Waals surface area contributed by atoms with E-state index in [0.29, 0.717) is 31.3 Å². The van der Waals surface area contributed by atoms with Crippen molar-refractivity contribution in [2.45, 2.75) is 32.9 Å². The number of nitrogens with zero attached hydrogens (tertiary/aromatic N) is 2. The lowest BCUT2D eigenvalue weighted by Crippen LogP contribution is -2.28. The number of fused-ring (bicyclic) bond motifs is 1. The molecule has 0 aliphatic carbocycles. The largest absolute Gasteiger partial charge is 0.464 e. The third-order valence-corrected chi connectivity index (χ3v) is 2.94. The van der Waals surface area contributed by atoms with Gasteiger partial charge in [-0.25, -0.2) is 14.8 Å². The molecule has 1 N–H and O–H groups in total. The number of aromatic nitrogens is 2. The van der Waals surface area contributed by atoms with Gasteiger partial charge in [-0.2, -0.15) is 0 Å². The molecule has 0 radical (unpaired) electrons. The Kier molecular flexibility index (Phi) is 4.81. The van der Waals surface area contributed by atoms with Crippen molar-refractivity contribution in [3.63, 3.8) is 0 Å². The number of hydrogen-bond acceptors (Lipinski definition) is 6. The predicted octanol–water partition coefficient (Wildman–Crippen LogP) is 0.835. The maximum atomic E-state index is 11.8. The normalized spacial score (nSPS) is 14.0. The van der Waals surface area contributed by atoms with Gasteiger partial charge in [0.25, 0.3) is 0 Å². The van der Waals surface area contributed by atoms with E-state index in [0.717, 1.165) is 30.6 Å². The lowest BCUT2D eigenvalue weighted by molar-refractivity contribution is 0.0589. The average molecular weight is 265 g/mol. The van der Waals surface area contributed by atoms with Crippen molar-refractivity contribution in [3.05, 3.63) is 22.8 Å². The molecule has 0 bridgehead atoms. The maximum absolute atomic E-state index is 11.8. The summed E-state index contributed by atoms with van der Waals surface area (Å²) in [6.45, 7) is 4.50. The summed E-state index contributed by atoms with van der Waals surface area (Å²) in [5.74, 6) is 0.133. The monoisotopic (exact) mass is 265 g/mol. The number of ether oxygens (including phenoxy) is 2. The van der Waals surface area contributed by atoms with Gasteiger partial charge in [-0.1, -0.05) is 6.92 Å². The topological polar surface area (TPSA) is 73.3 Å². The van der Waals surface area contributed by atoms with E-state index in [1.165, 1.54) is 7.11 Å². The molecule has 1 aromatic heterocycles. The van der Waals surface area contributed by atoms with Crippen LogP contribution < -0.4 is 5.32 Å². The van der Waals surface area contributed by atoms with Gasteiger partial charge in [0.15, 0.2) is 11.5 Å². The lowest BCUT2D eigenvalue weighted by atomic mass is 10.1. The van der Waals surface area contributed by atoms with Gasteiger partial charge in [-0.05, 0) is 6.42 Å². The lowest BCUT2D eigenvalue weighted by Gasteiger charge is -2.19. The fraction of sp³-hybridized carbons (Fsp3) is 0.615. The highest BCUT2D eigenvalue weighted by molar-refractivity contribution is 5.89. The second kappa shape index (κ2) is 6.58. The Hall–Kier alpha value is -1.53. The molecule has 1 aliphatic heterocycles. The smallest absolute Gasteiger partial charge is 0.357 e. The zero-order valence-electron chi connectivity index (χ0n) is 11.4. The van der Waals surface area contributed by atoms with Gasteiger partial charge in [0, 0.05) is 31.7 Å². The van der Waals surface area contributed by atoms with E-state index >= 15 is 0 Å². The van der Waals surface area contributed by atoms with E-state index in [9.17, 15) is 4.79 Å². The zero-order chi connectivity index (χ0) is 13.7. The molecule has 0 spiro atoms. The first-order valence-corrected chi connectivity index (χ1v) is 6.51. The number of hydrogen-bond donors (Lipinski definition) is 1. The van der Waals surface area contributed by atoms with Crippen molar-refractivity contribution in [3.8, 4) is 0 Å². The first kappa shape index (κ1) is 13.9. The van der Waals surface area contributed by atoms with Gasteiger partial charge < -0.3 is 14.8 Å². The standard InChI is InChI=1S/C13H19N3O3/c1-3-6-19-8-11-15-10-4-5-14-7-9(10)12(16-11)13(17)18-2/h14H,3-8H2,1-2H3. The molecule has 0 saturated carbocycles. The van der Waals surface area contributed by atoms with Gasteiger partial charge in [0.05, 0.1) is 12.8 Å². The molecule has 6 heteroatoms. The van der Waals surface area contributed by atoms with Crippen molar-refractivity contribution in [1.29, 1.82) is 0 Å². The number of carbonyl (C=O) groups is 1. The van der Waals surface area contributed by atoms with E-state index in [1.807, 2.05) is 6.92 Å². The van der Waals surface area contributed by atoms with Gasteiger partial charge >= 0.3 is 5.97 Å². The number of methoxy groups -OCH3 is 1. The van der Waals surface area contributed by atoms with Crippen LogP contribution in [-0.4, -0.2) is 36.2 Å². The molecule has 0 aromatic carbocycles. The minimum absolute atomic E-state index is 0.332. The molecule has 0 saturated heterocycles. The molecular formula is C13H19N3O3. The van der Waals surface area contributed by atoms with Crippen LogP contribution in [0.4, 0.5) is 0 Å². The van der Waals surface area contributed by atoms with Crippen LogP contribution in [0.15, 0.2) is 0 Å². The maximum Gasteiger partial charge on any atom is 0.357 e. The highest BCUT2D eigenvalue weighted by atomic mass is 16.5. The number of rotatable bonds is 5. The summed E-state index contributed by atoms with van der Waals surface area (Å²) in [5, 5.41) is 3.21. The van der Waals surface area contributed by atoms with Crippen molar-refractivity contribution < 1.29 is 14.3 Å². The van der Waals surface area contributed by atoms with E-state index in [-0.39, 0.29) is 0 Å². The SMILES string of the molecule is CCCOCc1nc2c(c(C(=O)OC)n1)CNCC2. The Morgan fingerprint density at radius 2 is 2.26 bits per heavy atom. The van der Waals surface area contributed by atoms with Crippen molar-refractivity contribution in [2.75, 3.05) is 20.3 Å². The van der Waals surface area contributed by atoms with Crippen LogP contribution in [0.5, 0.6) is 0 Å². The zero-order valence-corrected chi connectivity index (χ0v) is 11.4. The van der Waals surface area contributed by atoms with Crippen molar-refractivity contribution in [2.24, 2.45) is 0 Å². The van der Waals surface area contributed by atoms with Crippen LogP contribution >= 0.6 is 0 Å². The highest BCUT2D eigenvalue weighted by Crippen LogP contribution is 2.17. The Morgan fingerprint density at radius 3 is 3.00 bits per heavy atom. The van der Waals surface area contributed by atoms with Gasteiger partial charge in [-0.15, -0.1) is 0 Å². The molecule has 2 rings (SSSR count). The quantitative estimate of drug-likeness (QED) is 0.628. The molecule has 0 amide bonds. The minimum atomic E-state index is -0.418. The first-order chi connectivity index (χ1) is 9.26. The molecule has 6 nitrogen and oxygen atoms in total. The molecule has 0 unspecified atom stereocenters. The van der Waals surface area contributed by atoms with Crippen LogP contribution in [0.3, 0.4) is 0 Å². The highest BCUT2D eigenvalue weighted by Gasteiger charge is 2.22. The summed E-state index contributed by atoms with van der Waals surface area (Å²) >= 11 is 0. The summed E-state index contributed by atoms with van der Waals surface area (Å²) in [7, 11) is 1.36. The summed E-state index contributed by atoms with van der Waals surface area (Å²) < 4.78 is 10.2. The van der Waals surface area contributed by atoms with Crippen LogP contribution in [0.2, 0.25) is 0 Å². The molecule has 2 heterocycles. The van der Waals surface area contributed by atoms with Gasteiger partial charge in [-0.3, -0.25) is 0 Å². The van der Waals surface area contributed by atoms with Crippen LogP contribution in [0, 0.1) is 0 Å². The van der Waals surface area contributed by atoms with Crippen LogP contribution in [0.1, 0.15) is 40.9 Å². The van der Waals surface area contributed by atoms with Gasteiger partial charge in [0.2, 0.25) is 0 Å². The summed E-state index contributed by atoms with van der Waals surface area (Å²) in [5.41, 5.74) is 2.12. The fourth-order valence-electron chi connectivity index (χ4n) is 2.03. The summed E-state index contributed by atoms with van der Waals surface area (Å²) in [4.78, 5) is 20.5. The third kappa shape index (κ3) is 3.27. The van der Waals surface area contributed by atoms with Crippen molar-refractivity contribution in [1.82, 2.24) is 15.3 Å². The molecule has 19 heavy (non-hydrogen) atoms. The summed E-state index contributed by atoms with van der Waals surface area (Å²) in [6, 6.07) is 0. The Bertz CT molecular complexity index is 463. The number of esters is 1. The Morgan fingerprint density at radius 1 is 1.42 bits per heavy atom. The van der Waals surface area contributed by atoms with Crippen LogP contribution in [-0.2, 0) is 29.0 Å². The number of carbonyl (C=O) groups excluding carboxylic acids is 1. The molecule has 1 aromatic rings. The van der Waals surface area contributed by atoms with E-state index in [4.69, 9.17) is 9.47 Å². The minimum Gasteiger partial charge on any atom is -0.464 e. The first-order valence-electron chi connectivity index (χ1n) is 6.51. The third-order valence-electron chi connectivity index (χ3n) is 2.94. The van der Waals surface area contributed by atoms with Crippen LogP contribution in [0.25, 0.3) is 0 Å². The number of nitrogens with one attached hydrogen (secondary N) is 1. The molecule has 1 aliphatic rings. The predicted molar refractivity (Wildman–Crippen MR) is 68.7 cm³/mol. The Balaban J connectivity index is 2.28. The Labute approximate surface area is 112 Å². The molecule has 0 atom stereocenters. The molecule has 0 fully saturated rings. The van der Waals surface area contributed by atoms with Gasteiger partial charge in [0.1, 0.15) is 6.61 Å².